The summed E-state index contributed by atoms with van der Waals surface area (Å²) in [6, 6.07) is 5.45. The number of nitrogens with one attached hydrogen (secondary N) is 2. The van der Waals surface area contributed by atoms with Crippen LogP contribution >= 0.6 is 11.8 Å². The molecule has 7 heteroatoms. The zero-order valence-electron chi connectivity index (χ0n) is 14.5. The van der Waals surface area contributed by atoms with E-state index in [1.807, 2.05) is 40.6 Å². The van der Waals surface area contributed by atoms with Gasteiger partial charge in [-0.15, -0.1) is 10.2 Å². The Bertz CT molecular complexity index is 708. The van der Waals surface area contributed by atoms with E-state index in [9.17, 15) is 4.79 Å². The first-order chi connectivity index (χ1) is 11.5. The number of thioether (sulfide) groups is 1. The van der Waals surface area contributed by atoms with Crippen molar-refractivity contribution in [1.29, 1.82) is 0 Å². The first-order valence-electron chi connectivity index (χ1n) is 8.46. The summed E-state index contributed by atoms with van der Waals surface area (Å²) in [5.41, 5.74) is 0.787. The molecule has 0 aromatic carbocycles. The second kappa shape index (κ2) is 7.01. The van der Waals surface area contributed by atoms with Gasteiger partial charge in [0, 0.05) is 17.5 Å². The molecular formula is C17H25N5OS. The molecule has 2 amide bonds. The molecule has 3 heterocycles. The van der Waals surface area contributed by atoms with Crippen LogP contribution in [0.25, 0.3) is 5.65 Å². The highest BCUT2D eigenvalue weighted by Gasteiger charge is 2.30. The highest BCUT2D eigenvalue weighted by Crippen LogP contribution is 2.36. The number of rotatable bonds is 5. The molecule has 3 rings (SSSR count). The van der Waals surface area contributed by atoms with Gasteiger partial charge in [-0.05, 0) is 43.6 Å². The number of carbonyl (C=O) groups excluding carboxylic acids is 1. The van der Waals surface area contributed by atoms with E-state index in [1.54, 1.807) is 0 Å². The summed E-state index contributed by atoms with van der Waals surface area (Å²) in [5.74, 6) is 2.15. The SMILES string of the molecule is CC(C)C(NC(=O)NCC1(C)CCCS1)c1nnc2ccccn12. The van der Waals surface area contributed by atoms with E-state index in [-0.39, 0.29) is 22.7 Å². The molecule has 1 fully saturated rings. The number of aromatic nitrogens is 3. The van der Waals surface area contributed by atoms with Gasteiger partial charge in [0.05, 0.1) is 6.04 Å². The fraction of sp³-hybridized carbons (Fsp3) is 0.588. The maximum atomic E-state index is 12.4. The van der Waals surface area contributed by atoms with Crippen molar-refractivity contribution < 1.29 is 4.79 Å². The van der Waals surface area contributed by atoms with E-state index in [2.05, 4.69) is 41.6 Å². The minimum absolute atomic E-state index is 0.143. The number of carbonyl (C=O) groups is 1. The van der Waals surface area contributed by atoms with E-state index < -0.39 is 0 Å². The van der Waals surface area contributed by atoms with Crippen LogP contribution < -0.4 is 10.6 Å². The zero-order chi connectivity index (χ0) is 17.2. The molecule has 1 aliphatic rings. The summed E-state index contributed by atoms with van der Waals surface area (Å²) >= 11 is 1.94. The number of urea groups is 1. The van der Waals surface area contributed by atoms with Crippen molar-refractivity contribution in [3.05, 3.63) is 30.2 Å². The fourth-order valence-electron chi connectivity index (χ4n) is 3.04. The number of amides is 2. The van der Waals surface area contributed by atoms with Gasteiger partial charge in [-0.25, -0.2) is 4.79 Å². The van der Waals surface area contributed by atoms with E-state index >= 15 is 0 Å². The molecule has 130 valence electrons. The van der Waals surface area contributed by atoms with Crippen LogP contribution in [0.1, 0.15) is 45.5 Å². The van der Waals surface area contributed by atoms with Gasteiger partial charge in [0.15, 0.2) is 11.5 Å². The molecule has 0 bridgehead atoms. The van der Waals surface area contributed by atoms with E-state index in [1.165, 1.54) is 12.2 Å². The van der Waals surface area contributed by atoms with Gasteiger partial charge in [-0.1, -0.05) is 19.9 Å². The average molecular weight is 347 g/mol. The van der Waals surface area contributed by atoms with Gasteiger partial charge in [0.25, 0.3) is 0 Å². The molecular weight excluding hydrogens is 322 g/mol. The van der Waals surface area contributed by atoms with Crippen LogP contribution in [0.5, 0.6) is 0 Å². The lowest BCUT2D eigenvalue weighted by atomic mass is 10.0. The van der Waals surface area contributed by atoms with Crippen LogP contribution in [0.2, 0.25) is 0 Å². The Morgan fingerprint density at radius 1 is 1.42 bits per heavy atom. The number of fused-ring (bicyclic) bond motifs is 1. The Hall–Kier alpha value is -1.76. The lowest BCUT2D eigenvalue weighted by Crippen LogP contribution is -2.45. The fourth-order valence-corrected chi connectivity index (χ4v) is 4.28. The van der Waals surface area contributed by atoms with Gasteiger partial charge in [-0.2, -0.15) is 11.8 Å². The lowest BCUT2D eigenvalue weighted by molar-refractivity contribution is 0.231. The molecule has 6 nitrogen and oxygen atoms in total. The molecule has 24 heavy (non-hydrogen) atoms. The standard InChI is InChI=1S/C17H25N5OS/c1-12(2)14(15-21-20-13-7-4-5-9-22(13)15)19-16(23)18-11-17(3)8-6-10-24-17/h4-5,7,9,12,14H,6,8,10-11H2,1-3H3,(H2,18,19,23). The molecule has 0 radical (unpaired) electrons. The number of nitrogens with zero attached hydrogens (tertiary/aromatic N) is 3. The minimum Gasteiger partial charge on any atom is -0.337 e. The van der Waals surface area contributed by atoms with Crippen LogP contribution in [0.15, 0.2) is 24.4 Å². The van der Waals surface area contributed by atoms with Crippen molar-refractivity contribution in [1.82, 2.24) is 25.2 Å². The third-order valence-electron chi connectivity index (χ3n) is 4.49. The molecule has 0 saturated carbocycles. The van der Waals surface area contributed by atoms with Crippen molar-refractivity contribution in [2.75, 3.05) is 12.3 Å². The Morgan fingerprint density at radius 3 is 2.96 bits per heavy atom. The van der Waals surface area contributed by atoms with Gasteiger partial charge in [-0.3, -0.25) is 4.40 Å². The van der Waals surface area contributed by atoms with Crippen LogP contribution in [0.4, 0.5) is 4.79 Å². The second-order valence-corrected chi connectivity index (χ2v) is 8.62. The van der Waals surface area contributed by atoms with E-state index in [0.717, 1.165) is 17.9 Å². The third-order valence-corrected chi connectivity index (χ3v) is 6.03. The monoisotopic (exact) mass is 347 g/mol. The quantitative estimate of drug-likeness (QED) is 0.872. The maximum absolute atomic E-state index is 12.4. The Kier molecular flexibility index (Phi) is 4.99. The zero-order valence-corrected chi connectivity index (χ0v) is 15.3. The van der Waals surface area contributed by atoms with Crippen molar-refractivity contribution in [3.63, 3.8) is 0 Å². The Labute approximate surface area is 146 Å². The second-order valence-electron chi connectivity index (χ2n) is 6.94. The Morgan fingerprint density at radius 2 is 2.25 bits per heavy atom. The normalized spacial score (nSPS) is 22.0. The molecule has 1 aliphatic heterocycles. The van der Waals surface area contributed by atoms with Crippen molar-refractivity contribution in [2.24, 2.45) is 5.92 Å². The average Bonchev–Trinajstić information content (AvgIpc) is 3.17. The first kappa shape index (κ1) is 17.1. The molecule has 2 aromatic rings. The van der Waals surface area contributed by atoms with Gasteiger partial charge < -0.3 is 10.6 Å². The topological polar surface area (TPSA) is 71.3 Å². The minimum atomic E-state index is -0.188. The Balaban J connectivity index is 1.69. The molecule has 0 aliphatic carbocycles. The highest BCUT2D eigenvalue weighted by molar-refractivity contribution is 8.00. The third kappa shape index (κ3) is 3.66. The van der Waals surface area contributed by atoms with Gasteiger partial charge in [0.2, 0.25) is 0 Å². The number of hydrogen-bond donors (Lipinski definition) is 2. The molecule has 2 unspecified atom stereocenters. The van der Waals surface area contributed by atoms with E-state index in [4.69, 9.17) is 0 Å². The number of hydrogen-bond acceptors (Lipinski definition) is 4. The van der Waals surface area contributed by atoms with Crippen LogP contribution in [0.3, 0.4) is 0 Å². The maximum Gasteiger partial charge on any atom is 0.315 e. The van der Waals surface area contributed by atoms with Crippen molar-refractivity contribution >= 4 is 23.4 Å². The molecule has 2 aromatic heterocycles. The largest absolute Gasteiger partial charge is 0.337 e. The predicted octanol–water partition coefficient (Wildman–Crippen LogP) is 3.01. The summed E-state index contributed by atoms with van der Waals surface area (Å²) in [4.78, 5) is 12.4. The predicted molar refractivity (Wildman–Crippen MR) is 97.2 cm³/mol. The van der Waals surface area contributed by atoms with Crippen molar-refractivity contribution in [2.45, 2.75) is 44.4 Å². The summed E-state index contributed by atoms with van der Waals surface area (Å²) < 4.78 is 2.09. The van der Waals surface area contributed by atoms with Gasteiger partial charge in [0.1, 0.15) is 0 Å². The van der Waals surface area contributed by atoms with Crippen LogP contribution in [-0.2, 0) is 0 Å². The summed E-state index contributed by atoms with van der Waals surface area (Å²) in [5, 5.41) is 14.6. The molecule has 2 atom stereocenters. The number of pyridine rings is 1. The van der Waals surface area contributed by atoms with Crippen molar-refractivity contribution in [3.8, 4) is 0 Å². The summed E-state index contributed by atoms with van der Waals surface area (Å²) in [6.07, 6.45) is 4.31. The highest BCUT2D eigenvalue weighted by atomic mass is 32.2. The summed E-state index contributed by atoms with van der Waals surface area (Å²) in [6.45, 7) is 7.05. The van der Waals surface area contributed by atoms with Gasteiger partial charge >= 0.3 is 6.03 Å². The molecule has 1 saturated heterocycles. The molecule has 0 spiro atoms. The van der Waals surface area contributed by atoms with E-state index in [0.29, 0.717) is 6.54 Å². The summed E-state index contributed by atoms with van der Waals surface area (Å²) in [7, 11) is 0. The first-order valence-corrected chi connectivity index (χ1v) is 9.45. The molecule has 2 N–H and O–H groups in total. The lowest BCUT2D eigenvalue weighted by Gasteiger charge is -2.25. The van der Waals surface area contributed by atoms with Crippen LogP contribution in [-0.4, -0.2) is 37.7 Å². The smallest absolute Gasteiger partial charge is 0.315 e. The van der Waals surface area contributed by atoms with Crippen LogP contribution in [0, 0.1) is 5.92 Å².